The number of nitrogens with zero attached hydrogens (tertiary/aromatic N) is 2. The molecule has 1 aromatic rings. The number of anilines is 2. The Hall–Kier alpha value is -1.32. The highest BCUT2D eigenvalue weighted by Crippen LogP contribution is 2.26. The summed E-state index contributed by atoms with van der Waals surface area (Å²) in [6, 6.07) is 2.00. The summed E-state index contributed by atoms with van der Waals surface area (Å²) in [5.41, 5.74) is 1.00. The van der Waals surface area contributed by atoms with Crippen molar-refractivity contribution in [1.29, 1.82) is 0 Å². The first-order valence-electron chi connectivity index (χ1n) is 6.11. The lowest BCUT2D eigenvalue weighted by atomic mass is 9.85. The first-order valence-corrected chi connectivity index (χ1v) is 6.11. The van der Waals surface area contributed by atoms with Crippen LogP contribution >= 0.6 is 0 Å². The quantitative estimate of drug-likeness (QED) is 0.800. The summed E-state index contributed by atoms with van der Waals surface area (Å²) in [7, 11) is 0. The van der Waals surface area contributed by atoms with Crippen LogP contribution in [0.15, 0.2) is 6.07 Å². The van der Waals surface area contributed by atoms with Crippen LogP contribution in [0.2, 0.25) is 0 Å². The van der Waals surface area contributed by atoms with Crippen molar-refractivity contribution in [3.8, 4) is 0 Å². The third kappa shape index (κ3) is 2.84. The molecule has 0 amide bonds. The summed E-state index contributed by atoms with van der Waals surface area (Å²) in [5, 5.41) is 6.54. The van der Waals surface area contributed by atoms with Crippen LogP contribution in [0.1, 0.15) is 31.9 Å². The van der Waals surface area contributed by atoms with Crippen LogP contribution in [0.3, 0.4) is 0 Å². The van der Waals surface area contributed by atoms with Crippen LogP contribution < -0.4 is 10.6 Å². The van der Waals surface area contributed by atoms with E-state index >= 15 is 0 Å². The number of aryl methyl sites for hydroxylation is 1. The van der Waals surface area contributed by atoms with Gasteiger partial charge in [-0.25, -0.2) is 4.98 Å². The van der Waals surface area contributed by atoms with Crippen molar-refractivity contribution in [2.45, 2.75) is 33.1 Å². The molecule has 1 saturated carbocycles. The van der Waals surface area contributed by atoms with Gasteiger partial charge in [-0.15, -0.1) is 0 Å². The summed E-state index contributed by atoms with van der Waals surface area (Å²) >= 11 is 0. The largest absolute Gasteiger partial charge is 0.370 e. The second kappa shape index (κ2) is 5.14. The normalized spacial score (nSPS) is 15.6. The molecule has 1 aliphatic carbocycles. The fraction of sp³-hybridized carbons (Fsp3) is 0.667. The first kappa shape index (κ1) is 11.2. The van der Waals surface area contributed by atoms with Gasteiger partial charge >= 0.3 is 0 Å². The van der Waals surface area contributed by atoms with Gasteiger partial charge < -0.3 is 10.6 Å². The number of hydrogen-bond donors (Lipinski definition) is 2. The molecule has 0 radical (unpaired) electrons. The zero-order valence-corrected chi connectivity index (χ0v) is 10.1. The minimum atomic E-state index is 0.721. The highest BCUT2D eigenvalue weighted by molar-refractivity contribution is 5.42. The predicted molar refractivity (Wildman–Crippen MR) is 66.8 cm³/mol. The van der Waals surface area contributed by atoms with E-state index in [4.69, 9.17) is 0 Å². The van der Waals surface area contributed by atoms with Crippen LogP contribution in [0.5, 0.6) is 0 Å². The standard InChI is InChI=1S/C12H20N4/c1-3-13-12-15-9(2)7-11(16-12)14-8-10-5-4-6-10/h7,10H,3-6,8H2,1-2H3,(H2,13,14,15,16). The third-order valence-corrected chi connectivity index (χ3v) is 2.99. The van der Waals surface area contributed by atoms with Crippen molar-refractivity contribution in [3.63, 3.8) is 0 Å². The van der Waals surface area contributed by atoms with E-state index in [0.717, 1.165) is 36.5 Å². The first-order chi connectivity index (χ1) is 7.78. The van der Waals surface area contributed by atoms with Gasteiger partial charge in [-0.3, -0.25) is 0 Å². The summed E-state index contributed by atoms with van der Waals surface area (Å²) < 4.78 is 0. The van der Waals surface area contributed by atoms with Crippen molar-refractivity contribution in [3.05, 3.63) is 11.8 Å². The summed E-state index contributed by atoms with van der Waals surface area (Å²) in [5.74, 6) is 2.51. The molecule has 0 aliphatic heterocycles. The van der Waals surface area contributed by atoms with E-state index in [-0.39, 0.29) is 0 Å². The third-order valence-electron chi connectivity index (χ3n) is 2.99. The second-order valence-corrected chi connectivity index (χ2v) is 4.43. The maximum atomic E-state index is 4.42. The van der Waals surface area contributed by atoms with Gasteiger partial charge in [0.2, 0.25) is 5.95 Å². The van der Waals surface area contributed by atoms with Crippen molar-refractivity contribution in [1.82, 2.24) is 9.97 Å². The number of nitrogens with one attached hydrogen (secondary N) is 2. The van der Waals surface area contributed by atoms with Gasteiger partial charge in [-0.1, -0.05) is 6.42 Å². The smallest absolute Gasteiger partial charge is 0.224 e. The zero-order chi connectivity index (χ0) is 11.4. The molecule has 1 fully saturated rings. The Morgan fingerprint density at radius 2 is 2.12 bits per heavy atom. The summed E-state index contributed by atoms with van der Waals surface area (Å²) in [4.78, 5) is 8.74. The fourth-order valence-electron chi connectivity index (χ4n) is 1.84. The Morgan fingerprint density at radius 3 is 2.75 bits per heavy atom. The average Bonchev–Trinajstić information content (AvgIpc) is 2.14. The van der Waals surface area contributed by atoms with Crippen LogP contribution in [-0.2, 0) is 0 Å². The van der Waals surface area contributed by atoms with E-state index < -0.39 is 0 Å². The minimum absolute atomic E-state index is 0.721. The molecule has 0 saturated heterocycles. The monoisotopic (exact) mass is 220 g/mol. The molecule has 1 heterocycles. The molecule has 0 spiro atoms. The van der Waals surface area contributed by atoms with Gasteiger partial charge in [0.15, 0.2) is 0 Å². The van der Waals surface area contributed by atoms with Crippen molar-refractivity contribution < 1.29 is 0 Å². The number of rotatable bonds is 5. The summed E-state index contributed by atoms with van der Waals surface area (Å²) in [6.45, 7) is 5.94. The fourth-order valence-corrected chi connectivity index (χ4v) is 1.84. The van der Waals surface area contributed by atoms with E-state index in [1.54, 1.807) is 0 Å². The van der Waals surface area contributed by atoms with E-state index in [0.29, 0.717) is 0 Å². The van der Waals surface area contributed by atoms with Gasteiger partial charge in [0.05, 0.1) is 0 Å². The highest BCUT2D eigenvalue weighted by atomic mass is 15.1. The lowest BCUT2D eigenvalue weighted by Gasteiger charge is -2.25. The molecule has 0 unspecified atom stereocenters. The molecule has 0 atom stereocenters. The van der Waals surface area contributed by atoms with Gasteiger partial charge in [0, 0.05) is 24.8 Å². The molecule has 4 nitrogen and oxygen atoms in total. The van der Waals surface area contributed by atoms with Crippen molar-refractivity contribution in [2.24, 2.45) is 5.92 Å². The maximum Gasteiger partial charge on any atom is 0.224 e. The minimum Gasteiger partial charge on any atom is -0.370 e. The Bertz CT molecular complexity index is 347. The second-order valence-electron chi connectivity index (χ2n) is 4.43. The molecule has 0 bridgehead atoms. The van der Waals surface area contributed by atoms with Crippen LogP contribution in [-0.4, -0.2) is 23.1 Å². The molecule has 1 aromatic heterocycles. The van der Waals surface area contributed by atoms with Gasteiger partial charge in [0.1, 0.15) is 5.82 Å². The molecule has 88 valence electrons. The molecule has 0 aromatic carbocycles. The SMILES string of the molecule is CCNc1nc(C)cc(NCC2CCC2)n1. The van der Waals surface area contributed by atoms with Crippen LogP contribution in [0.4, 0.5) is 11.8 Å². The van der Waals surface area contributed by atoms with E-state index in [2.05, 4.69) is 20.6 Å². The van der Waals surface area contributed by atoms with E-state index in [1.165, 1.54) is 19.3 Å². The Balaban J connectivity index is 1.95. The van der Waals surface area contributed by atoms with E-state index in [1.807, 2.05) is 19.9 Å². The number of hydrogen-bond acceptors (Lipinski definition) is 4. The van der Waals surface area contributed by atoms with E-state index in [9.17, 15) is 0 Å². The average molecular weight is 220 g/mol. The number of aromatic nitrogens is 2. The molecular weight excluding hydrogens is 200 g/mol. The summed E-state index contributed by atoms with van der Waals surface area (Å²) in [6.07, 6.45) is 4.10. The van der Waals surface area contributed by atoms with Crippen molar-refractivity contribution >= 4 is 11.8 Å². The molecule has 4 heteroatoms. The van der Waals surface area contributed by atoms with Gasteiger partial charge in [-0.05, 0) is 32.6 Å². The molecule has 16 heavy (non-hydrogen) atoms. The van der Waals surface area contributed by atoms with Gasteiger partial charge in [0.25, 0.3) is 0 Å². The van der Waals surface area contributed by atoms with Crippen LogP contribution in [0.25, 0.3) is 0 Å². The Morgan fingerprint density at radius 1 is 1.31 bits per heavy atom. The lowest BCUT2D eigenvalue weighted by molar-refractivity contribution is 0.333. The zero-order valence-electron chi connectivity index (χ0n) is 10.1. The van der Waals surface area contributed by atoms with Crippen molar-refractivity contribution in [2.75, 3.05) is 23.7 Å². The van der Waals surface area contributed by atoms with Crippen LogP contribution in [0, 0.1) is 12.8 Å². The Kier molecular flexibility index (Phi) is 3.59. The molecular formula is C12H20N4. The maximum absolute atomic E-state index is 4.42. The lowest BCUT2D eigenvalue weighted by Crippen LogP contribution is -2.21. The molecule has 2 N–H and O–H groups in total. The van der Waals surface area contributed by atoms with Gasteiger partial charge in [-0.2, -0.15) is 4.98 Å². The predicted octanol–water partition coefficient (Wildman–Crippen LogP) is 2.43. The highest BCUT2D eigenvalue weighted by Gasteiger charge is 2.16. The molecule has 1 aliphatic rings. The molecule has 2 rings (SSSR count). The Labute approximate surface area is 96.9 Å². The topological polar surface area (TPSA) is 49.8 Å².